The summed E-state index contributed by atoms with van der Waals surface area (Å²) in [5, 5.41) is 23.0. The Hall–Kier alpha value is -1.63. The maximum atomic E-state index is 12.4. The summed E-state index contributed by atoms with van der Waals surface area (Å²) in [6.07, 6.45) is 0.748. The molecule has 1 aromatic rings. The van der Waals surface area contributed by atoms with Gasteiger partial charge in [0.2, 0.25) is 5.91 Å². The zero-order valence-electron chi connectivity index (χ0n) is 14.4. The van der Waals surface area contributed by atoms with E-state index in [9.17, 15) is 15.0 Å². The van der Waals surface area contributed by atoms with Crippen molar-refractivity contribution < 1.29 is 24.5 Å². The third-order valence-corrected chi connectivity index (χ3v) is 5.25. The van der Waals surface area contributed by atoms with Gasteiger partial charge in [0, 0.05) is 31.1 Å². The van der Waals surface area contributed by atoms with Gasteiger partial charge in [-0.05, 0) is 37.8 Å². The first-order valence-electron chi connectivity index (χ1n) is 8.97. The van der Waals surface area contributed by atoms with Crippen LogP contribution in [0.5, 0.6) is 5.75 Å². The van der Waals surface area contributed by atoms with E-state index in [1.807, 2.05) is 30.3 Å². The molecule has 0 radical (unpaired) electrons. The first-order valence-corrected chi connectivity index (χ1v) is 8.97. The van der Waals surface area contributed by atoms with Crippen molar-refractivity contribution in [1.82, 2.24) is 5.32 Å². The molecule has 3 rings (SSSR count). The molecule has 6 nitrogen and oxygen atoms in total. The predicted octanol–water partition coefficient (Wildman–Crippen LogP) is 1.11. The Bertz CT molecular complexity index is 548. The summed E-state index contributed by atoms with van der Waals surface area (Å²) in [5.41, 5.74) is -0.463. The fourth-order valence-electron chi connectivity index (χ4n) is 3.69. The van der Waals surface area contributed by atoms with Crippen LogP contribution in [-0.4, -0.2) is 54.7 Å². The Labute approximate surface area is 148 Å². The summed E-state index contributed by atoms with van der Waals surface area (Å²) in [4.78, 5) is 12.4. The molecule has 3 N–H and O–H groups in total. The Morgan fingerprint density at radius 2 is 1.80 bits per heavy atom. The molecule has 1 aliphatic carbocycles. The minimum Gasteiger partial charge on any atom is -0.493 e. The number of nitrogens with one attached hydrogen (secondary N) is 1. The lowest BCUT2D eigenvalue weighted by Crippen LogP contribution is -2.43. The van der Waals surface area contributed by atoms with E-state index in [0.29, 0.717) is 39.2 Å². The molecule has 0 bridgehead atoms. The summed E-state index contributed by atoms with van der Waals surface area (Å²) in [6.45, 7) is 1.99. The second-order valence-corrected chi connectivity index (χ2v) is 7.25. The molecule has 25 heavy (non-hydrogen) atoms. The number of rotatable bonds is 6. The van der Waals surface area contributed by atoms with Crippen LogP contribution >= 0.6 is 0 Å². The summed E-state index contributed by atoms with van der Waals surface area (Å²) < 4.78 is 11.2. The van der Waals surface area contributed by atoms with Crippen molar-refractivity contribution in [1.29, 1.82) is 0 Å². The highest BCUT2D eigenvalue weighted by Crippen LogP contribution is 2.38. The third kappa shape index (κ3) is 4.71. The van der Waals surface area contributed by atoms with E-state index in [4.69, 9.17) is 9.47 Å². The van der Waals surface area contributed by atoms with E-state index in [1.54, 1.807) is 0 Å². The average Bonchev–Trinajstić information content (AvgIpc) is 2.94. The van der Waals surface area contributed by atoms with Crippen LogP contribution in [0.1, 0.15) is 25.7 Å². The van der Waals surface area contributed by atoms with Crippen LogP contribution in [0.25, 0.3) is 0 Å². The van der Waals surface area contributed by atoms with Gasteiger partial charge in [0.1, 0.15) is 5.75 Å². The minimum atomic E-state index is -0.778. The van der Waals surface area contributed by atoms with Crippen LogP contribution in [0.2, 0.25) is 0 Å². The van der Waals surface area contributed by atoms with E-state index in [-0.39, 0.29) is 11.8 Å². The average molecular weight is 349 g/mol. The van der Waals surface area contributed by atoms with Crippen molar-refractivity contribution in [3.63, 3.8) is 0 Å². The second kappa shape index (κ2) is 8.17. The Kier molecular flexibility index (Phi) is 5.93. The fraction of sp³-hybridized carbons (Fsp3) is 0.632. The van der Waals surface area contributed by atoms with Crippen LogP contribution in [0, 0.1) is 11.3 Å². The topological polar surface area (TPSA) is 88.0 Å². The monoisotopic (exact) mass is 349 g/mol. The lowest BCUT2D eigenvalue weighted by atomic mass is 9.86. The highest BCUT2D eigenvalue weighted by Gasteiger charge is 2.45. The molecule has 0 aromatic heterocycles. The van der Waals surface area contributed by atoms with Crippen molar-refractivity contribution in [3.05, 3.63) is 30.3 Å². The summed E-state index contributed by atoms with van der Waals surface area (Å²) in [7, 11) is 0. The molecule has 138 valence electrons. The van der Waals surface area contributed by atoms with Gasteiger partial charge in [0.25, 0.3) is 0 Å². The maximum Gasteiger partial charge on any atom is 0.223 e. The van der Waals surface area contributed by atoms with Crippen LogP contribution in [0.4, 0.5) is 0 Å². The predicted molar refractivity (Wildman–Crippen MR) is 92.2 cm³/mol. The number of ether oxygens (including phenoxy) is 2. The maximum absolute atomic E-state index is 12.4. The molecule has 6 heteroatoms. The summed E-state index contributed by atoms with van der Waals surface area (Å²) in [6, 6.07) is 9.45. The highest BCUT2D eigenvalue weighted by atomic mass is 16.5. The zero-order chi connectivity index (χ0) is 17.7. The van der Waals surface area contributed by atoms with Crippen LogP contribution in [-0.2, 0) is 9.53 Å². The third-order valence-electron chi connectivity index (χ3n) is 5.25. The molecule has 0 spiro atoms. The first kappa shape index (κ1) is 18.2. The minimum absolute atomic E-state index is 0.0166. The van der Waals surface area contributed by atoms with E-state index in [2.05, 4.69) is 5.32 Å². The van der Waals surface area contributed by atoms with Gasteiger partial charge < -0.3 is 25.0 Å². The number of benzene rings is 1. The number of hydrogen-bond donors (Lipinski definition) is 3. The van der Waals surface area contributed by atoms with E-state index in [1.165, 1.54) is 0 Å². The molecule has 1 aromatic carbocycles. The normalized spacial score (nSPS) is 30.2. The van der Waals surface area contributed by atoms with Crippen molar-refractivity contribution in [2.75, 3.05) is 26.4 Å². The molecular weight excluding hydrogens is 322 g/mol. The molecule has 2 unspecified atom stereocenters. The van der Waals surface area contributed by atoms with Crippen LogP contribution in [0.15, 0.2) is 30.3 Å². The Morgan fingerprint density at radius 3 is 2.44 bits per heavy atom. The number of aliphatic hydroxyl groups is 2. The molecule has 2 atom stereocenters. The molecule has 1 saturated heterocycles. The SMILES string of the molecule is O=C(NCC1(COc2ccccc2)CC(O)C(O)C1)C1CCOCC1. The largest absolute Gasteiger partial charge is 0.493 e. The van der Waals surface area contributed by atoms with Gasteiger partial charge in [-0.2, -0.15) is 0 Å². The Balaban J connectivity index is 1.60. The van der Waals surface area contributed by atoms with Gasteiger partial charge in [-0.3, -0.25) is 4.79 Å². The van der Waals surface area contributed by atoms with E-state index in [0.717, 1.165) is 18.6 Å². The van der Waals surface area contributed by atoms with Gasteiger partial charge in [0.05, 0.1) is 18.8 Å². The van der Waals surface area contributed by atoms with Gasteiger partial charge in [-0.15, -0.1) is 0 Å². The van der Waals surface area contributed by atoms with Gasteiger partial charge in [-0.1, -0.05) is 18.2 Å². The number of aliphatic hydroxyl groups excluding tert-OH is 2. The second-order valence-electron chi connectivity index (χ2n) is 7.25. The van der Waals surface area contributed by atoms with E-state index >= 15 is 0 Å². The van der Waals surface area contributed by atoms with Crippen molar-refractivity contribution in [3.8, 4) is 5.75 Å². The lowest BCUT2D eigenvalue weighted by Gasteiger charge is -2.30. The number of hydrogen-bond acceptors (Lipinski definition) is 5. The van der Waals surface area contributed by atoms with Gasteiger partial charge in [-0.25, -0.2) is 0 Å². The van der Waals surface area contributed by atoms with E-state index < -0.39 is 17.6 Å². The van der Waals surface area contributed by atoms with Crippen molar-refractivity contribution in [2.45, 2.75) is 37.9 Å². The summed E-state index contributed by atoms with van der Waals surface area (Å²) >= 11 is 0. The lowest BCUT2D eigenvalue weighted by molar-refractivity contribution is -0.128. The molecule has 1 amide bonds. The Morgan fingerprint density at radius 1 is 1.16 bits per heavy atom. The van der Waals surface area contributed by atoms with Crippen molar-refractivity contribution in [2.24, 2.45) is 11.3 Å². The highest BCUT2D eigenvalue weighted by molar-refractivity contribution is 5.78. The molecule has 2 aliphatic rings. The van der Waals surface area contributed by atoms with Crippen LogP contribution in [0.3, 0.4) is 0 Å². The van der Waals surface area contributed by atoms with Crippen molar-refractivity contribution >= 4 is 5.91 Å². The number of carbonyl (C=O) groups excluding carboxylic acids is 1. The van der Waals surface area contributed by atoms with Gasteiger partial charge >= 0.3 is 0 Å². The molecule has 1 heterocycles. The molecule has 1 aliphatic heterocycles. The zero-order valence-corrected chi connectivity index (χ0v) is 14.4. The molecule has 2 fully saturated rings. The molecule has 1 saturated carbocycles. The smallest absolute Gasteiger partial charge is 0.223 e. The number of amides is 1. The summed E-state index contributed by atoms with van der Waals surface area (Å²) in [5.74, 6) is 0.754. The number of carbonyl (C=O) groups is 1. The first-order chi connectivity index (χ1) is 12.1. The van der Waals surface area contributed by atoms with Gasteiger partial charge in [0.15, 0.2) is 0 Å². The number of para-hydroxylation sites is 1. The standard InChI is InChI=1S/C19H27NO5/c21-16-10-19(11-17(16)22,13-25-15-4-2-1-3-5-15)12-20-18(23)14-6-8-24-9-7-14/h1-5,14,16-17,21-22H,6-13H2,(H,20,23). The quantitative estimate of drug-likeness (QED) is 0.716. The van der Waals surface area contributed by atoms with Crippen LogP contribution < -0.4 is 10.1 Å². The fourth-order valence-corrected chi connectivity index (χ4v) is 3.69. The molecular formula is C19H27NO5.